The van der Waals surface area contributed by atoms with Crippen LogP contribution in [0.1, 0.15) is 27.7 Å². The Kier molecular flexibility index (Phi) is 4.16. The van der Waals surface area contributed by atoms with Gasteiger partial charge in [-0.05, 0) is 44.5 Å². The molecule has 0 aliphatic rings. The fourth-order valence-corrected chi connectivity index (χ4v) is 2.44. The fourth-order valence-electron chi connectivity index (χ4n) is 1.78. The summed E-state index contributed by atoms with van der Waals surface area (Å²) in [5.41, 5.74) is 2.76. The van der Waals surface area contributed by atoms with Crippen LogP contribution in [0.5, 0.6) is 0 Å². The molecule has 0 bridgehead atoms. The van der Waals surface area contributed by atoms with E-state index in [0.29, 0.717) is 10.7 Å². The Morgan fingerprint density at radius 2 is 2.16 bits per heavy atom. The molecule has 0 radical (unpaired) electrons. The predicted molar refractivity (Wildman–Crippen MR) is 80.1 cm³/mol. The van der Waals surface area contributed by atoms with Gasteiger partial charge >= 0.3 is 0 Å². The van der Waals surface area contributed by atoms with Crippen molar-refractivity contribution in [2.75, 3.05) is 17.2 Å². The summed E-state index contributed by atoms with van der Waals surface area (Å²) in [6.45, 7) is 6.86. The third-order valence-electron chi connectivity index (χ3n) is 2.70. The second-order valence-electron chi connectivity index (χ2n) is 4.29. The number of aryl methyl sites for hydroxylation is 2. The monoisotopic (exact) mass is 275 g/mol. The highest BCUT2D eigenvalue weighted by Gasteiger charge is 2.09. The Hall–Kier alpha value is -1.88. The SMILES string of the molecule is CCNc1ccc(C(=O)Nc2ncc(C)s2)cc1C. The number of hydrogen-bond acceptors (Lipinski definition) is 4. The van der Waals surface area contributed by atoms with Crippen LogP contribution < -0.4 is 10.6 Å². The van der Waals surface area contributed by atoms with E-state index in [9.17, 15) is 4.79 Å². The number of benzene rings is 1. The van der Waals surface area contributed by atoms with E-state index in [2.05, 4.69) is 15.6 Å². The van der Waals surface area contributed by atoms with E-state index in [4.69, 9.17) is 0 Å². The van der Waals surface area contributed by atoms with Gasteiger partial charge in [-0.3, -0.25) is 10.1 Å². The Labute approximate surface area is 116 Å². The lowest BCUT2D eigenvalue weighted by Crippen LogP contribution is -2.12. The molecule has 5 heteroatoms. The molecule has 1 amide bonds. The lowest BCUT2D eigenvalue weighted by Gasteiger charge is -2.09. The summed E-state index contributed by atoms with van der Waals surface area (Å²) in [5, 5.41) is 6.69. The minimum absolute atomic E-state index is 0.125. The largest absolute Gasteiger partial charge is 0.385 e. The van der Waals surface area contributed by atoms with E-state index in [0.717, 1.165) is 22.7 Å². The maximum Gasteiger partial charge on any atom is 0.257 e. The van der Waals surface area contributed by atoms with E-state index in [1.54, 1.807) is 6.20 Å². The molecule has 100 valence electrons. The standard InChI is InChI=1S/C14H17N3OS/c1-4-15-12-6-5-11(7-9(12)2)13(18)17-14-16-8-10(3)19-14/h5-8,15H,4H2,1-3H3,(H,16,17,18). The average Bonchev–Trinajstić information content (AvgIpc) is 2.77. The molecule has 2 rings (SSSR count). The summed E-state index contributed by atoms with van der Waals surface area (Å²) < 4.78 is 0. The van der Waals surface area contributed by atoms with E-state index >= 15 is 0 Å². The van der Waals surface area contributed by atoms with E-state index in [1.165, 1.54) is 11.3 Å². The zero-order valence-corrected chi connectivity index (χ0v) is 12.1. The molecule has 1 aromatic carbocycles. The Morgan fingerprint density at radius 1 is 1.37 bits per heavy atom. The van der Waals surface area contributed by atoms with Gasteiger partial charge < -0.3 is 5.32 Å². The van der Waals surface area contributed by atoms with Crippen molar-refractivity contribution in [1.29, 1.82) is 0 Å². The molecule has 0 spiro atoms. The minimum Gasteiger partial charge on any atom is -0.385 e. The number of carbonyl (C=O) groups is 1. The van der Waals surface area contributed by atoms with Crippen molar-refractivity contribution in [3.8, 4) is 0 Å². The maximum absolute atomic E-state index is 12.1. The van der Waals surface area contributed by atoms with Gasteiger partial charge in [0.2, 0.25) is 0 Å². The molecule has 1 aromatic heterocycles. The molecule has 0 aliphatic carbocycles. The third kappa shape index (κ3) is 3.32. The van der Waals surface area contributed by atoms with Crippen molar-refractivity contribution in [1.82, 2.24) is 4.98 Å². The maximum atomic E-state index is 12.1. The zero-order chi connectivity index (χ0) is 13.8. The molecular weight excluding hydrogens is 258 g/mol. The normalized spacial score (nSPS) is 10.3. The Morgan fingerprint density at radius 3 is 2.74 bits per heavy atom. The first-order valence-electron chi connectivity index (χ1n) is 6.18. The number of nitrogens with zero attached hydrogens (tertiary/aromatic N) is 1. The number of aromatic nitrogens is 1. The van der Waals surface area contributed by atoms with Crippen LogP contribution in [0.4, 0.5) is 10.8 Å². The van der Waals surface area contributed by atoms with Gasteiger partial charge in [-0.15, -0.1) is 11.3 Å². The lowest BCUT2D eigenvalue weighted by molar-refractivity contribution is 0.102. The van der Waals surface area contributed by atoms with Gasteiger partial charge in [-0.25, -0.2) is 4.98 Å². The predicted octanol–water partition coefficient (Wildman–Crippen LogP) is 3.44. The summed E-state index contributed by atoms with van der Waals surface area (Å²) in [4.78, 5) is 17.3. The van der Waals surface area contributed by atoms with Gasteiger partial charge in [0.15, 0.2) is 5.13 Å². The second-order valence-corrected chi connectivity index (χ2v) is 5.52. The molecule has 19 heavy (non-hydrogen) atoms. The smallest absolute Gasteiger partial charge is 0.257 e. The summed E-state index contributed by atoms with van der Waals surface area (Å²) in [6, 6.07) is 5.63. The van der Waals surface area contributed by atoms with Crippen LogP contribution >= 0.6 is 11.3 Å². The number of hydrogen-bond donors (Lipinski definition) is 2. The van der Waals surface area contributed by atoms with Gasteiger partial charge in [0.25, 0.3) is 5.91 Å². The zero-order valence-electron chi connectivity index (χ0n) is 11.3. The number of anilines is 2. The van der Waals surface area contributed by atoms with Gasteiger partial charge in [0.1, 0.15) is 0 Å². The van der Waals surface area contributed by atoms with Crippen LogP contribution in [-0.4, -0.2) is 17.4 Å². The van der Waals surface area contributed by atoms with Gasteiger partial charge in [-0.1, -0.05) is 0 Å². The average molecular weight is 275 g/mol. The molecule has 0 aliphatic heterocycles. The van der Waals surface area contributed by atoms with Gasteiger partial charge in [0.05, 0.1) is 0 Å². The topological polar surface area (TPSA) is 54.0 Å². The number of carbonyl (C=O) groups excluding carboxylic acids is 1. The first-order valence-corrected chi connectivity index (χ1v) is 7.00. The quantitative estimate of drug-likeness (QED) is 0.898. The molecule has 0 saturated carbocycles. The van der Waals surface area contributed by atoms with Crippen molar-refractivity contribution in [2.24, 2.45) is 0 Å². The second kappa shape index (κ2) is 5.84. The Balaban J connectivity index is 2.13. The van der Waals surface area contributed by atoms with Crippen LogP contribution in [0.2, 0.25) is 0 Å². The first kappa shape index (κ1) is 13.5. The van der Waals surface area contributed by atoms with Crippen LogP contribution in [0.25, 0.3) is 0 Å². The highest BCUT2D eigenvalue weighted by molar-refractivity contribution is 7.15. The van der Waals surface area contributed by atoms with Crippen molar-refractivity contribution >= 4 is 28.1 Å². The summed E-state index contributed by atoms with van der Waals surface area (Å²) in [7, 11) is 0. The van der Waals surface area contributed by atoms with Gasteiger partial charge in [0, 0.05) is 28.9 Å². The van der Waals surface area contributed by atoms with Crippen molar-refractivity contribution in [2.45, 2.75) is 20.8 Å². The summed E-state index contributed by atoms with van der Waals surface area (Å²) in [5.74, 6) is -0.125. The number of thiazole rings is 1. The van der Waals surface area contributed by atoms with Crippen molar-refractivity contribution in [3.05, 3.63) is 40.4 Å². The molecule has 0 atom stereocenters. The van der Waals surface area contributed by atoms with Crippen molar-refractivity contribution in [3.63, 3.8) is 0 Å². The van der Waals surface area contributed by atoms with Crippen LogP contribution in [0.3, 0.4) is 0 Å². The molecule has 2 aromatic rings. The van der Waals surface area contributed by atoms with Crippen molar-refractivity contribution < 1.29 is 4.79 Å². The van der Waals surface area contributed by atoms with Crippen LogP contribution in [0.15, 0.2) is 24.4 Å². The molecule has 0 unspecified atom stereocenters. The molecule has 0 saturated heterocycles. The molecule has 1 heterocycles. The summed E-state index contributed by atoms with van der Waals surface area (Å²) >= 11 is 1.47. The van der Waals surface area contributed by atoms with E-state index in [1.807, 2.05) is 39.0 Å². The molecule has 2 N–H and O–H groups in total. The molecule has 4 nitrogen and oxygen atoms in total. The number of amides is 1. The van der Waals surface area contributed by atoms with Crippen LogP contribution in [0, 0.1) is 13.8 Å². The lowest BCUT2D eigenvalue weighted by atomic mass is 10.1. The summed E-state index contributed by atoms with van der Waals surface area (Å²) in [6.07, 6.45) is 1.75. The van der Waals surface area contributed by atoms with Gasteiger partial charge in [-0.2, -0.15) is 0 Å². The van der Waals surface area contributed by atoms with E-state index < -0.39 is 0 Å². The fraction of sp³-hybridized carbons (Fsp3) is 0.286. The molecular formula is C14H17N3OS. The number of nitrogens with one attached hydrogen (secondary N) is 2. The minimum atomic E-state index is -0.125. The molecule has 0 fully saturated rings. The van der Waals surface area contributed by atoms with E-state index in [-0.39, 0.29) is 5.91 Å². The van der Waals surface area contributed by atoms with Crippen LogP contribution in [-0.2, 0) is 0 Å². The Bertz CT molecular complexity index is 592. The first-order chi connectivity index (χ1) is 9.10. The third-order valence-corrected chi connectivity index (χ3v) is 3.53. The number of rotatable bonds is 4. The highest BCUT2D eigenvalue weighted by atomic mass is 32.1. The highest BCUT2D eigenvalue weighted by Crippen LogP contribution is 2.20.